The van der Waals surface area contributed by atoms with Crippen molar-refractivity contribution in [2.45, 2.75) is 69.9 Å². The Hall–Kier alpha value is -1.92. The van der Waals surface area contributed by atoms with Gasteiger partial charge in [0.1, 0.15) is 5.82 Å². The second-order valence-corrected chi connectivity index (χ2v) is 7.00. The second kappa shape index (κ2) is 5.32. The Balaban J connectivity index is 1.45. The number of aromatic nitrogens is 5. The first-order valence-electron chi connectivity index (χ1n) is 8.92. The predicted molar refractivity (Wildman–Crippen MR) is 83.2 cm³/mol. The standard InChI is InChI=1S/C16H22N6O/c1-2-6-13-18-19-15(22(13)9-3-1)12-5-4-10-21(12)16-17-14(20-23-16)11-7-8-11/h11-12H,1-10H2/t12-/m0/s1. The minimum atomic E-state index is 0.224. The number of aryl methyl sites for hydroxylation is 1. The van der Waals surface area contributed by atoms with E-state index in [0.717, 1.165) is 49.8 Å². The molecule has 0 amide bonds. The van der Waals surface area contributed by atoms with E-state index in [9.17, 15) is 0 Å². The van der Waals surface area contributed by atoms with Crippen LogP contribution < -0.4 is 4.90 Å². The minimum absolute atomic E-state index is 0.224. The molecule has 0 spiro atoms. The van der Waals surface area contributed by atoms with Crippen LogP contribution in [0.25, 0.3) is 0 Å². The molecule has 5 rings (SSSR count). The number of rotatable bonds is 3. The van der Waals surface area contributed by atoms with Crippen LogP contribution >= 0.6 is 0 Å². The Morgan fingerprint density at radius 1 is 0.957 bits per heavy atom. The molecule has 3 aliphatic rings. The minimum Gasteiger partial charge on any atom is -0.315 e. The Morgan fingerprint density at radius 2 is 1.91 bits per heavy atom. The first kappa shape index (κ1) is 13.5. The molecule has 0 bridgehead atoms. The van der Waals surface area contributed by atoms with Gasteiger partial charge in [-0.15, -0.1) is 10.2 Å². The molecule has 122 valence electrons. The average molecular weight is 314 g/mol. The summed E-state index contributed by atoms with van der Waals surface area (Å²) in [6.07, 6.45) is 9.38. The van der Waals surface area contributed by atoms with E-state index in [0.29, 0.717) is 11.9 Å². The summed E-state index contributed by atoms with van der Waals surface area (Å²) < 4.78 is 7.90. The van der Waals surface area contributed by atoms with E-state index in [1.54, 1.807) is 0 Å². The molecule has 1 aliphatic carbocycles. The monoisotopic (exact) mass is 314 g/mol. The summed E-state index contributed by atoms with van der Waals surface area (Å²) in [6.45, 7) is 2.00. The zero-order chi connectivity index (χ0) is 15.2. The highest BCUT2D eigenvalue weighted by Crippen LogP contribution is 2.40. The van der Waals surface area contributed by atoms with Gasteiger partial charge in [-0.25, -0.2) is 0 Å². The van der Waals surface area contributed by atoms with Crippen molar-refractivity contribution in [3.05, 3.63) is 17.5 Å². The maximum Gasteiger partial charge on any atom is 0.324 e. The Labute approximate surface area is 135 Å². The molecule has 23 heavy (non-hydrogen) atoms. The molecule has 1 saturated carbocycles. The van der Waals surface area contributed by atoms with Crippen LogP contribution in [-0.2, 0) is 13.0 Å². The summed E-state index contributed by atoms with van der Waals surface area (Å²) in [5.41, 5.74) is 0. The van der Waals surface area contributed by atoms with Gasteiger partial charge in [-0.3, -0.25) is 0 Å². The van der Waals surface area contributed by atoms with E-state index < -0.39 is 0 Å². The molecule has 1 saturated heterocycles. The predicted octanol–water partition coefficient (Wildman–Crippen LogP) is 2.61. The molecule has 2 fully saturated rings. The highest BCUT2D eigenvalue weighted by atomic mass is 16.5. The van der Waals surface area contributed by atoms with Crippen molar-refractivity contribution >= 4 is 6.01 Å². The molecule has 0 N–H and O–H groups in total. The fraction of sp³-hybridized carbons (Fsp3) is 0.750. The van der Waals surface area contributed by atoms with E-state index >= 15 is 0 Å². The van der Waals surface area contributed by atoms with Crippen LogP contribution in [0.5, 0.6) is 0 Å². The van der Waals surface area contributed by atoms with Gasteiger partial charge in [0.25, 0.3) is 0 Å². The number of hydrogen-bond donors (Lipinski definition) is 0. The van der Waals surface area contributed by atoms with Crippen LogP contribution in [0.1, 0.15) is 74.4 Å². The molecular weight excluding hydrogens is 292 g/mol. The summed E-state index contributed by atoms with van der Waals surface area (Å²) in [7, 11) is 0. The third-order valence-corrected chi connectivity index (χ3v) is 5.31. The molecule has 2 aliphatic heterocycles. The summed E-state index contributed by atoms with van der Waals surface area (Å²) in [4.78, 5) is 6.87. The molecule has 2 aromatic heterocycles. The van der Waals surface area contributed by atoms with Crippen LogP contribution in [-0.4, -0.2) is 31.4 Å². The SMILES string of the molecule is C1CCc2nnc([C@@H]3CCCN3c3nc(C4CC4)no3)n2CC1. The Kier molecular flexibility index (Phi) is 3.12. The fourth-order valence-corrected chi connectivity index (χ4v) is 3.87. The first-order valence-corrected chi connectivity index (χ1v) is 8.92. The van der Waals surface area contributed by atoms with Gasteiger partial charge in [-0.2, -0.15) is 4.98 Å². The topological polar surface area (TPSA) is 72.9 Å². The van der Waals surface area contributed by atoms with Gasteiger partial charge < -0.3 is 14.0 Å². The smallest absolute Gasteiger partial charge is 0.315 e. The van der Waals surface area contributed by atoms with Gasteiger partial charge in [0, 0.05) is 25.4 Å². The molecule has 2 aromatic rings. The normalized spacial score (nSPS) is 24.7. The van der Waals surface area contributed by atoms with Crippen molar-refractivity contribution in [1.82, 2.24) is 24.9 Å². The largest absolute Gasteiger partial charge is 0.324 e. The molecule has 0 radical (unpaired) electrons. The lowest BCUT2D eigenvalue weighted by Crippen LogP contribution is -2.26. The Morgan fingerprint density at radius 3 is 2.83 bits per heavy atom. The lowest BCUT2D eigenvalue weighted by molar-refractivity contribution is 0.400. The van der Waals surface area contributed by atoms with Crippen LogP contribution in [0.2, 0.25) is 0 Å². The van der Waals surface area contributed by atoms with Crippen molar-refractivity contribution in [1.29, 1.82) is 0 Å². The molecule has 7 heteroatoms. The molecule has 0 aromatic carbocycles. The number of anilines is 1. The molecular formula is C16H22N6O. The maximum atomic E-state index is 5.55. The van der Waals surface area contributed by atoms with Gasteiger partial charge >= 0.3 is 6.01 Å². The highest BCUT2D eigenvalue weighted by Gasteiger charge is 2.36. The van der Waals surface area contributed by atoms with Crippen molar-refractivity contribution in [3.8, 4) is 0 Å². The molecule has 7 nitrogen and oxygen atoms in total. The van der Waals surface area contributed by atoms with Gasteiger partial charge in [0.15, 0.2) is 11.6 Å². The average Bonchev–Trinajstić information content (AvgIpc) is 3.01. The molecule has 1 atom stereocenters. The molecule has 0 unspecified atom stereocenters. The van der Waals surface area contributed by atoms with Gasteiger partial charge in [0.05, 0.1) is 6.04 Å². The van der Waals surface area contributed by atoms with E-state index in [4.69, 9.17) is 4.52 Å². The van der Waals surface area contributed by atoms with E-state index in [1.807, 2.05) is 0 Å². The van der Waals surface area contributed by atoms with E-state index in [2.05, 4.69) is 29.8 Å². The van der Waals surface area contributed by atoms with E-state index in [1.165, 1.54) is 32.1 Å². The maximum absolute atomic E-state index is 5.55. The van der Waals surface area contributed by atoms with Crippen molar-refractivity contribution in [3.63, 3.8) is 0 Å². The van der Waals surface area contributed by atoms with Crippen molar-refractivity contribution < 1.29 is 4.52 Å². The first-order chi connectivity index (χ1) is 11.4. The van der Waals surface area contributed by atoms with Crippen LogP contribution in [0.15, 0.2) is 4.52 Å². The lowest BCUT2D eigenvalue weighted by atomic mass is 10.2. The number of hydrogen-bond acceptors (Lipinski definition) is 6. The quantitative estimate of drug-likeness (QED) is 0.867. The summed E-state index contributed by atoms with van der Waals surface area (Å²) >= 11 is 0. The van der Waals surface area contributed by atoms with Gasteiger partial charge in [-0.05, 0) is 38.5 Å². The summed E-state index contributed by atoms with van der Waals surface area (Å²) in [5.74, 6) is 3.64. The van der Waals surface area contributed by atoms with Gasteiger partial charge in [-0.1, -0.05) is 11.6 Å². The lowest BCUT2D eigenvalue weighted by Gasteiger charge is -2.22. The summed E-state index contributed by atoms with van der Waals surface area (Å²) in [6, 6.07) is 0.891. The van der Waals surface area contributed by atoms with Gasteiger partial charge in [0.2, 0.25) is 0 Å². The molecule has 4 heterocycles. The van der Waals surface area contributed by atoms with Crippen LogP contribution in [0, 0.1) is 0 Å². The zero-order valence-corrected chi connectivity index (χ0v) is 13.3. The Bertz CT molecular complexity index is 703. The number of fused-ring (bicyclic) bond motifs is 1. The van der Waals surface area contributed by atoms with Crippen molar-refractivity contribution in [2.24, 2.45) is 0 Å². The van der Waals surface area contributed by atoms with Crippen molar-refractivity contribution in [2.75, 3.05) is 11.4 Å². The zero-order valence-electron chi connectivity index (χ0n) is 13.3. The van der Waals surface area contributed by atoms with Crippen LogP contribution in [0.3, 0.4) is 0 Å². The second-order valence-electron chi connectivity index (χ2n) is 7.00. The highest BCUT2D eigenvalue weighted by molar-refractivity contribution is 5.33. The third kappa shape index (κ3) is 2.33. The number of nitrogens with zero attached hydrogens (tertiary/aromatic N) is 6. The fourth-order valence-electron chi connectivity index (χ4n) is 3.87. The summed E-state index contributed by atoms with van der Waals surface area (Å²) in [5, 5.41) is 13.2. The van der Waals surface area contributed by atoms with E-state index in [-0.39, 0.29) is 6.04 Å². The van der Waals surface area contributed by atoms with Crippen LogP contribution in [0.4, 0.5) is 6.01 Å². The third-order valence-electron chi connectivity index (χ3n) is 5.31.